The number of nitrogens with two attached hydrogens (primary N) is 2. The van der Waals surface area contributed by atoms with E-state index in [1.54, 1.807) is 24.3 Å². The number of benzene rings is 2. The Morgan fingerprint density at radius 1 is 0.875 bits per heavy atom. The molecule has 5 rings (SSSR count). The second-order valence-electron chi connectivity index (χ2n) is 8.99. The molecule has 2 aliphatic rings. The van der Waals surface area contributed by atoms with Gasteiger partial charge in [0.15, 0.2) is 5.82 Å². The summed E-state index contributed by atoms with van der Waals surface area (Å²) in [4.78, 5) is 34.1. The van der Waals surface area contributed by atoms with E-state index in [1.807, 2.05) is 4.90 Å². The molecule has 5 N–H and O–H groups in total. The fraction of sp³-hybridized carbons (Fsp3) is 0.423. The number of alkyl halides is 2. The highest BCUT2D eigenvalue weighted by atomic mass is 19.3. The van der Waals surface area contributed by atoms with Crippen molar-refractivity contribution in [2.75, 3.05) is 88.1 Å². The molecule has 0 spiro atoms. The zero-order valence-corrected chi connectivity index (χ0v) is 22.2. The Kier molecular flexibility index (Phi) is 9.22. The summed E-state index contributed by atoms with van der Waals surface area (Å²) in [6.45, 7) is 5.36. The van der Waals surface area contributed by atoms with Crippen LogP contribution >= 0.6 is 0 Å². The van der Waals surface area contributed by atoms with E-state index in [1.165, 1.54) is 14.2 Å². The Bertz CT molecular complexity index is 1360. The summed E-state index contributed by atoms with van der Waals surface area (Å²) in [5.41, 5.74) is 14.9. The molecule has 0 saturated carbocycles. The number of aromatic amines is 1. The monoisotopic (exact) mass is 562 g/mol. The standard InChI is InChI=1S/C14H15F2N3O3.C12H17N3O3/c1-21-14(20)9-6-8(19-2-4-22-5-3-19)7-10-11(9)18-13(17-10)12(15)16;1-17-12(16)9-6-8(7-10(13)11(9)14)15-2-4-18-5-3-15/h6-7,12H,2-5H2,1H3,(H,17,18);6-7H,2-5,13-14H2,1H3. The molecule has 3 aromatic rings. The maximum absolute atomic E-state index is 12.8. The zero-order valence-electron chi connectivity index (χ0n) is 22.2. The number of hydrogen-bond donors (Lipinski definition) is 3. The number of rotatable bonds is 5. The second kappa shape index (κ2) is 12.8. The quantitative estimate of drug-likeness (QED) is 0.310. The Labute approximate surface area is 229 Å². The minimum absolute atomic E-state index is 0.171. The molecule has 2 fully saturated rings. The number of esters is 2. The molecule has 2 saturated heterocycles. The van der Waals surface area contributed by atoms with Crippen LogP contribution in [0.1, 0.15) is 33.0 Å². The van der Waals surface area contributed by atoms with Crippen molar-refractivity contribution >= 4 is 45.7 Å². The Morgan fingerprint density at radius 2 is 1.38 bits per heavy atom. The number of morpholine rings is 2. The number of aromatic nitrogens is 2. The molecule has 40 heavy (non-hydrogen) atoms. The lowest BCUT2D eigenvalue weighted by Gasteiger charge is -2.29. The van der Waals surface area contributed by atoms with Crippen molar-refractivity contribution in [3.05, 3.63) is 41.2 Å². The van der Waals surface area contributed by atoms with Crippen molar-refractivity contribution in [2.24, 2.45) is 0 Å². The third-order valence-corrected chi connectivity index (χ3v) is 6.56. The molecular formula is C26H32F2N6O6. The van der Waals surface area contributed by atoms with Gasteiger partial charge in [-0.1, -0.05) is 0 Å². The highest BCUT2D eigenvalue weighted by molar-refractivity contribution is 6.03. The molecule has 2 aromatic carbocycles. The highest BCUT2D eigenvalue weighted by Gasteiger charge is 2.22. The number of anilines is 4. The number of ether oxygens (including phenoxy) is 4. The van der Waals surface area contributed by atoms with E-state index in [9.17, 15) is 18.4 Å². The molecule has 1 aromatic heterocycles. The van der Waals surface area contributed by atoms with Gasteiger partial charge >= 0.3 is 11.9 Å². The lowest BCUT2D eigenvalue weighted by molar-refractivity contribution is 0.0593. The lowest BCUT2D eigenvalue weighted by atomic mass is 10.1. The summed E-state index contributed by atoms with van der Waals surface area (Å²) >= 11 is 0. The van der Waals surface area contributed by atoms with Gasteiger partial charge in [-0.05, 0) is 24.3 Å². The molecule has 2 aliphatic heterocycles. The molecule has 14 heteroatoms. The van der Waals surface area contributed by atoms with E-state index < -0.39 is 24.2 Å². The second-order valence-corrected chi connectivity index (χ2v) is 8.99. The third kappa shape index (κ3) is 6.34. The Balaban J connectivity index is 0.000000189. The van der Waals surface area contributed by atoms with Crippen molar-refractivity contribution in [1.29, 1.82) is 0 Å². The lowest BCUT2D eigenvalue weighted by Crippen LogP contribution is -2.36. The highest BCUT2D eigenvalue weighted by Crippen LogP contribution is 2.30. The first-order valence-electron chi connectivity index (χ1n) is 12.6. The molecular weight excluding hydrogens is 530 g/mol. The normalized spacial score (nSPS) is 15.5. The third-order valence-electron chi connectivity index (χ3n) is 6.56. The van der Waals surface area contributed by atoms with E-state index >= 15 is 0 Å². The molecule has 3 heterocycles. The molecule has 0 amide bonds. The van der Waals surface area contributed by atoms with Gasteiger partial charge in [0.2, 0.25) is 0 Å². The average Bonchev–Trinajstić information content (AvgIpc) is 3.43. The summed E-state index contributed by atoms with van der Waals surface area (Å²) in [6, 6.07) is 6.82. The number of methoxy groups -OCH3 is 2. The summed E-state index contributed by atoms with van der Waals surface area (Å²) in [5, 5.41) is 0. The molecule has 0 bridgehead atoms. The fourth-order valence-electron chi connectivity index (χ4n) is 4.44. The number of nitrogens with one attached hydrogen (secondary N) is 1. The summed E-state index contributed by atoms with van der Waals surface area (Å²) in [5.74, 6) is -1.54. The first-order chi connectivity index (χ1) is 19.2. The van der Waals surface area contributed by atoms with Crippen LogP contribution in [0.4, 0.5) is 31.5 Å². The van der Waals surface area contributed by atoms with E-state index in [4.69, 9.17) is 30.4 Å². The Hall–Kier alpha value is -4.17. The van der Waals surface area contributed by atoms with Crippen LogP contribution in [0.2, 0.25) is 0 Å². The summed E-state index contributed by atoms with van der Waals surface area (Å²) < 4.78 is 45.7. The van der Waals surface area contributed by atoms with Gasteiger partial charge in [-0.25, -0.2) is 23.4 Å². The van der Waals surface area contributed by atoms with Crippen molar-refractivity contribution in [1.82, 2.24) is 9.97 Å². The molecule has 12 nitrogen and oxygen atoms in total. The number of nitrogens with zero attached hydrogens (tertiary/aromatic N) is 3. The van der Waals surface area contributed by atoms with E-state index in [-0.39, 0.29) is 16.8 Å². The van der Waals surface area contributed by atoms with E-state index in [2.05, 4.69) is 14.9 Å². The van der Waals surface area contributed by atoms with Crippen molar-refractivity contribution in [2.45, 2.75) is 6.43 Å². The molecule has 0 aliphatic carbocycles. The number of fused-ring (bicyclic) bond motifs is 1. The minimum atomic E-state index is -2.73. The largest absolute Gasteiger partial charge is 0.465 e. The molecule has 0 atom stereocenters. The van der Waals surface area contributed by atoms with Gasteiger partial charge < -0.3 is 45.2 Å². The number of hydrogen-bond acceptors (Lipinski definition) is 11. The van der Waals surface area contributed by atoms with Gasteiger partial charge in [0, 0.05) is 37.6 Å². The van der Waals surface area contributed by atoms with Gasteiger partial charge in [-0.15, -0.1) is 0 Å². The molecule has 0 unspecified atom stereocenters. The van der Waals surface area contributed by atoms with Gasteiger partial charge in [0.1, 0.15) is 5.52 Å². The topological polar surface area (TPSA) is 158 Å². The van der Waals surface area contributed by atoms with Crippen LogP contribution in [0.5, 0.6) is 0 Å². The number of halogens is 2. The number of carbonyl (C=O) groups is 2. The molecule has 216 valence electrons. The van der Waals surface area contributed by atoms with Crippen LogP contribution in [0, 0.1) is 0 Å². The zero-order chi connectivity index (χ0) is 28.8. The van der Waals surface area contributed by atoms with Gasteiger partial charge in [0.05, 0.1) is 68.7 Å². The number of carbonyl (C=O) groups excluding carboxylic acids is 2. The van der Waals surface area contributed by atoms with Gasteiger partial charge in [-0.3, -0.25) is 0 Å². The number of imidazole rings is 1. The average molecular weight is 563 g/mol. The number of H-pyrrole nitrogens is 1. The predicted molar refractivity (Wildman–Crippen MR) is 145 cm³/mol. The van der Waals surface area contributed by atoms with E-state index in [0.717, 1.165) is 24.5 Å². The van der Waals surface area contributed by atoms with Crippen molar-refractivity contribution in [3.8, 4) is 0 Å². The smallest absolute Gasteiger partial charge is 0.340 e. The summed E-state index contributed by atoms with van der Waals surface area (Å²) in [7, 11) is 2.57. The first kappa shape index (κ1) is 28.8. The van der Waals surface area contributed by atoms with Gasteiger partial charge in [-0.2, -0.15) is 0 Å². The van der Waals surface area contributed by atoms with Crippen LogP contribution in [0.25, 0.3) is 11.0 Å². The first-order valence-corrected chi connectivity index (χ1v) is 12.6. The SMILES string of the molecule is COC(=O)c1cc(N2CCOCC2)cc(N)c1N.COC(=O)c1cc(N2CCOCC2)cc2[nH]c(C(F)F)nc12. The summed E-state index contributed by atoms with van der Waals surface area (Å²) in [6.07, 6.45) is -2.73. The van der Waals surface area contributed by atoms with E-state index in [0.29, 0.717) is 56.3 Å². The van der Waals surface area contributed by atoms with Crippen molar-refractivity contribution in [3.63, 3.8) is 0 Å². The van der Waals surface area contributed by atoms with Crippen LogP contribution in [-0.4, -0.2) is 88.7 Å². The minimum Gasteiger partial charge on any atom is -0.465 e. The van der Waals surface area contributed by atoms with Crippen molar-refractivity contribution < 1.29 is 37.3 Å². The maximum atomic E-state index is 12.8. The van der Waals surface area contributed by atoms with Crippen LogP contribution in [0.15, 0.2) is 24.3 Å². The molecule has 0 radical (unpaired) electrons. The van der Waals surface area contributed by atoms with Crippen LogP contribution in [0.3, 0.4) is 0 Å². The maximum Gasteiger partial charge on any atom is 0.340 e. The van der Waals surface area contributed by atoms with Crippen LogP contribution < -0.4 is 21.3 Å². The predicted octanol–water partition coefficient (Wildman–Crippen LogP) is 2.60. The van der Waals surface area contributed by atoms with Crippen LogP contribution in [-0.2, 0) is 18.9 Å². The number of nitrogen functional groups attached to an aromatic ring is 2. The Morgan fingerprint density at radius 3 is 1.90 bits per heavy atom. The van der Waals surface area contributed by atoms with Gasteiger partial charge in [0.25, 0.3) is 6.43 Å². The fourth-order valence-corrected chi connectivity index (χ4v) is 4.44.